The zero-order chi connectivity index (χ0) is 36.1. The van der Waals surface area contributed by atoms with E-state index in [1.165, 1.54) is 12.3 Å². The van der Waals surface area contributed by atoms with Crippen LogP contribution in [0.15, 0.2) is 55.4 Å². The smallest absolute Gasteiger partial charge is 0.422 e. The largest absolute Gasteiger partial charge is 0.466 e. The van der Waals surface area contributed by atoms with Gasteiger partial charge in [0.25, 0.3) is 0 Å². The van der Waals surface area contributed by atoms with Gasteiger partial charge in [-0.15, -0.1) is 0 Å². The van der Waals surface area contributed by atoms with Crippen molar-refractivity contribution in [2.24, 2.45) is 6.98 Å². The number of rotatable bonds is 13. The van der Waals surface area contributed by atoms with E-state index in [1.807, 2.05) is 19.0 Å². The summed E-state index contributed by atoms with van der Waals surface area (Å²) >= 11 is 0. The third kappa shape index (κ3) is 8.10. The Hall–Kier alpha value is -5.18. The highest BCUT2D eigenvalue weighted by Crippen LogP contribution is 2.37. The van der Waals surface area contributed by atoms with Gasteiger partial charge in [0.2, 0.25) is 17.7 Å². The number of hydrogen-bond acceptors (Lipinski definition) is 10. The van der Waals surface area contributed by atoms with Crippen molar-refractivity contribution < 1.29 is 36.3 Å². The normalized spacial score (nSPS) is 12.7. The van der Waals surface area contributed by atoms with Gasteiger partial charge < -0.3 is 34.5 Å². The van der Waals surface area contributed by atoms with E-state index >= 15 is 0 Å². The lowest BCUT2D eigenvalue weighted by atomic mass is 10.1. The van der Waals surface area contributed by atoms with E-state index < -0.39 is 37.5 Å². The Morgan fingerprint density at radius 1 is 1.15 bits per heavy atom. The number of benzene rings is 1. The van der Waals surface area contributed by atoms with Crippen molar-refractivity contribution in [2.75, 3.05) is 63.0 Å². The number of amides is 1. The van der Waals surface area contributed by atoms with Gasteiger partial charge >= 0.3 is 12.1 Å². The molecule has 15 heteroatoms. The van der Waals surface area contributed by atoms with E-state index in [0.29, 0.717) is 24.0 Å². The number of aryl methyl sites for hydroxylation is 1. The monoisotopic (exact) mass is 643 g/mol. The first-order valence-corrected chi connectivity index (χ1v) is 14.0. The summed E-state index contributed by atoms with van der Waals surface area (Å²) < 4.78 is 75.5. The van der Waals surface area contributed by atoms with Gasteiger partial charge in [-0.1, -0.05) is 24.8 Å². The number of hydrogen-bond donors (Lipinski definition) is 2. The number of carbonyl (C=O) groups is 2. The van der Waals surface area contributed by atoms with Crippen molar-refractivity contribution in [3.8, 4) is 17.1 Å². The van der Waals surface area contributed by atoms with Crippen LogP contribution in [-0.4, -0.2) is 89.9 Å². The molecule has 46 heavy (non-hydrogen) atoms. The molecule has 1 amide bonds. The van der Waals surface area contributed by atoms with Crippen LogP contribution in [0.1, 0.15) is 21.4 Å². The lowest BCUT2D eigenvalue weighted by Gasteiger charge is -2.25. The molecule has 3 aromatic heterocycles. The summed E-state index contributed by atoms with van der Waals surface area (Å²) in [4.78, 5) is 42.0. The number of anilines is 4. The lowest BCUT2D eigenvalue weighted by molar-refractivity contribution is -0.153. The molecule has 0 radical (unpaired) electrons. The van der Waals surface area contributed by atoms with Crippen LogP contribution >= 0.6 is 0 Å². The molecule has 1 aromatic carbocycles. The summed E-state index contributed by atoms with van der Waals surface area (Å²) in [6.45, 7) is 1.75. The van der Waals surface area contributed by atoms with E-state index in [0.717, 1.165) is 16.8 Å². The maximum Gasteiger partial charge on any atom is 0.422 e. The van der Waals surface area contributed by atoms with Crippen molar-refractivity contribution in [2.45, 2.75) is 13.1 Å². The molecule has 4 rings (SSSR count). The summed E-state index contributed by atoms with van der Waals surface area (Å²) in [6.07, 6.45) is -1.22. The van der Waals surface area contributed by atoms with Crippen LogP contribution in [0.2, 0.25) is 0 Å². The zero-order valence-electron chi connectivity index (χ0n) is 28.6. The first kappa shape index (κ1) is 29.5. The topological polar surface area (TPSA) is 127 Å². The van der Waals surface area contributed by atoms with E-state index in [-0.39, 0.29) is 46.6 Å². The number of halogens is 3. The van der Waals surface area contributed by atoms with E-state index in [4.69, 9.17) is 13.6 Å². The van der Waals surface area contributed by atoms with Crippen LogP contribution < -0.4 is 20.3 Å². The zero-order valence-corrected chi connectivity index (χ0v) is 25.6. The second-order valence-electron chi connectivity index (χ2n) is 10.3. The van der Waals surface area contributed by atoms with Gasteiger partial charge in [-0.3, -0.25) is 4.79 Å². The third-order valence-corrected chi connectivity index (χ3v) is 6.53. The predicted molar refractivity (Wildman–Crippen MR) is 170 cm³/mol. The van der Waals surface area contributed by atoms with Crippen molar-refractivity contribution in [1.29, 1.82) is 0 Å². The summed E-state index contributed by atoms with van der Waals surface area (Å²) in [5.74, 6) is -2.00. The summed E-state index contributed by atoms with van der Waals surface area (Å²) in [5, 5.41) is 5.86. The number of likely N-dealkylation sites (N-methyl/N-ethyl adjacent to an activating group) is 2. The van der Waals surface area contributed by atoms with Crippen molar-refractivity contribution in [1.82, 2.24) is 24.4 Å². The first-order valence-electron chi connectivity index (χ1n) is 15.5. The van der Waals surface area contributed by atoms with Gasteiger partial charge in [0.15, 0.2) is 12.4 Å². The highest BCUT2D eigenvalue weighted by Gasteiger charge is 2.30. The fourth-order valence-corrected chi connectivity index (χ4v) is 4.35. The van der Waals surface area contributed by atoms with Gasteiger partial charge in [-0.2, -0.15) is 18.2 Å². The molecule has 4 aromatic rings. The number of alkyl halides is 3. The quantitative estimate of drug-likeness (QED) is 0.152. The maximum absolute atomic E-state index is 13.3. The number of aromatic nitrogens is 4. The first-order chi connectivity index (χ1) is 23.0. The number of ether oxygens (including phenoxy) is 2. The van der Waals surface area contributed by atoms with Gasteiger partial charge in [-0.05, 0) is 39.2 Å². The van der Waals surface area contributed by atoms with E-state index in [9.17, 15) is 22.8 Å². The molecule has 12 nitrogen and oxygen atoms in total. The van der Waals surface area contributed by atoms with Gasteiger partial charge in [-0.25, -0.2) is 14.8 Å². The number of esters is 1. The van der Waals surface area contributed by atoms with Gasteiger partial charge in [0.1, 0.15) is 11.3 Å². The fourth-order valence-electron chi connectivity index (χ4n) is 4.35. The van der Waals surface area contributed by atoms with Crippen molar-refractivity contribution in [3.63, 3.8) is 0 Å². The Morgan fingerprint density at radius 3 is 2.59 bits per heavy atom. The van der Waals surface area contributed by atoms with Crippen LogP contribution in [-0.2, 0) is 16.5 Å². The van der Waals surface area contributed by atoms with Crippen LogP contribution in [0.5, 0.6) is 5.88 Å². The Balaban J connectivity index is 1.90. The summed E-state index contributed by atoms with van der Waals surface area (Å²) in [6, 6.07) is 7.91. The minimum atomic E-state index is -4.71. The van der Waals surface area contributed by atoms with Crippen LogP contribution in [0.3, 0.4) is 0 Å². The number of pyridine rings is 1. The van der Waals surface area contributed by atoms with Crippen LogP contribution in [0.25, 0.3) is 22.2 Å². The van der Waals surface area contributed by atoms with E-state index in [1.54, 1.807) is 43.1 Å². The molecule has 0 bridgehead atoms. The summed E-state index contributed by atoms with van der Waals surface area (Å²) in [7, 11) is 5.33. The molecule has 0 aliphatic carbocycles. The molecule has 0 saturated carbocycles. The number of nitrogens with one attached hydrogen (secondary N) is 2. The van der Waals surface area contributed by atoms with Gasteiger partial charge in [0, 0.05) is 60.1 Å². The molecule has 0 unspecified atom stereocenters. The van der Waals surface area contributed by atoms with Crippen LogP contribution in [0, 0.1) is 0 Å². The molecule has 0 aliphatic rings. The molecule has 0 aliphatic heterocycles. The average Bonchev–Trinajstić information content (AvgIpc) is 3.43. The van der Waals surface area contributed by atoms with Crippen molar-refractivity contribution >= 4 is 45.9 Å². The van der Waals surface area contributed by atoms with Gasteiger partial charge in [0.05, 0.1) is 18.0 Å². The Bertz CT molecular complexity index is 1850. The second kappa shape index (κ2) is 14.3. The average molecular weight is 644 g/mol. The third-order valence-electron chi connectivity index (χ3n) is 6.53. The fraction of sp³-hybridized carbons (Fsp3) is 0.323. The molecular formula is C31H35F3N8O4. The molecule has 0 spiro atoms. The Kier molecular flexibility index (Phi) is 9.17. The predicted octanol–water partition coefficient (Wildman–Crippen LogP) is 5.01. The molecule has 3 heterocycles. The second-order valence-corrected chi connectivity index (χ2v) is 10.3. The minimum Gasteiger partial charge on any atom is -0.466 e. The highest BCUT2D eigenvalue weighted by atomic mass is 19.4. The molecule has 0 fully saturated rings. The van der Waals surface area contributed by atoms with Crippen LogP contribution in [0.4, 0.5) is 36.3 Å². The minimum absolute atomic E-state index is 0.0129. The lowest BCUT2D eigenvalue weighted by Crippen LogP contribution is -2.30. The highest BCUT2D eigenvalue weighted by molar-refractivity contribution is 6.03. The molecule has 0 atom stereocenters. The van der Waals surface area contributed by atoms with E-state index in [2.05, 4.69) is 32.2 Å². The number of nitrogens with zero attached hydrogens (tertiary/aromatic N) is 6. The number of fused-ring (bicyclic) bond motifs is 1. The van der Waals surface area contributed by atoms with Crippen molar-refractivity contribution in [3.05, 3.63) is 60.9 Å². The number of carbonyl (C=O) groups excluding carboxylic acids is 2. The number of para-hydroxylation sites is 1. The molecule has 2 N–H and O–H groups in total. The Morgan fingerprint density at radius 2 is 1.91 bits per heavy atom. The summed E-state index contributed by atoms with van der Waals surface area (Å²) in [5.41, 5.74) is 0.434. The standard InChI is InChI=1S/C31H35F3N8O4/c1-7-25(43)36-22-15-23(28(46-18-31(32,33)34)39-27(22)41(5)14-13-40(3)4)37-30-35-16-20(29(44)45-8-2)26(38-30)21-17-42(6)24-12-10-9-11-19(21)24/h7,9-12,15-17H,1,8,13-14,18H2,2-6H3,(H,36,43)(H,35,37,38)/i6D3. The Labute approximate surface area is 268 Å². The molecule has 0 saturated heterocycles. The molecule has 244 valence electrons. The molecular weight excluding hydrogens is 605 g/mol. The maximum atomic E-state index is 13.3. The SMILES string of the molecule is [2H]C([2H])([2H])n1cc(-c2nc(Nc3cc(NC(=O)C=C)c(N(C)CCN(C)C)nc3OCC(F)(F)F)ncc2C(=O)OCC)c2ccccc21.